The zero-order valence-electron chi connectivity index (χ0n) is 18.6. The highest BCUT2D eigenvalue weighted by Crippen LogP contribution is 2.17. The monoisotopic (exact) mass is 432 g/mol. The van der Waals surface area contributed by atoms with Gasteiger partial charge in [0.25, 0.3) is 0 Å². The number of aliphatic imine (C=N–C) groups is 1. The Kier molecular flexibility index (Phi) is 10.7. The van der Waals surface area contributed by atoms with Crippen LogP contribution in [0.5, 0.6) is 0 Å². The van der Waals surface area contributed by atoms with Crippen molar-refractivity contribution in [3.8, 4) is 0 Å². The molecule has 2 aromatic rings. The predicted molar refractivity (Wildman–Crippen MR) is 125 cm³/mol. The van der Waals surface area contributed by atoms with E-state index in [1.807, 2.05) is 43.5 Å². The number of aryl methyl sites for hydroxylation is 1. The van der Waals surface area contributed by atoms with Crippen molar-refractivity contribution in [3.05, 3.63) is 41.7 Å². The molecule has 1 unspecified atom stereocenters. The first-order valence-electron chi connectivity index (χ1n) is 10.8. The van der Waals surface area contributed by atoms with Gasteiger partial charge in [-0.05, 0) is 37.5 Å². The molecule has 166 valence electrons. The number of hydrogen-bond donors (Lipinski definition) is 3. The molecule has 0 aliphatic rings. The molecule has 1 aromatic carbocycles. The largest absolute Gasteiger partial charge is 0.388 e. The number of thioether (sulfide) groups is 1. The van der Waals surface area contributed by atoms with Crippen LogP contribution in [-0.2, 0) is 13.0 Å². The third-order valence-electron chi connectivity index (χ3n) is 4.59. The second-order valence-corrected chi connectivity index (χ2v) is 8.39. The summed E-state index contributed by atoms with van der Waals surface area (Å²) in [6.07, 6.45) is 3.96. The van der Waals surface area contributed by atoms with Crippen LogP contribution in [0.25, 0.3) is 0 Å². The number of hydrogen-bond acceptors (Lipinski definition) is 5. The van der Waals surface area contributed by atoms with Crippen molar-refractivity contribution in [3.63, 3.8) is 0 Å². The fourth-order valence-electron chi connectivity index (χ4n) is 3.14. The average molecular weight is 433 g/mol. The fraction of sp³-hybridized carbons (Fsp3) is 0.591. The second-order valence-electron chi connectivity index (χ2n) is 7.61. The summed E-state index contributed by atoms with van der Waals surface area (Å²) in [5.74, 6) is 2.37. The van der Waals surface area contributed by atoms with E-state index in [0.29, 0.717) is 25.4 Å². The Bertz CT molecular complexity index is 762. The van der Waals surface area contributed by atoms with Gasteiger partial charge < -0.3 is 20.3 Å². The van der Waals surface area contributed by atoms with Crippen molar-refractivity contribution in [2.45, 2.75) is 57.8 Å². The van der Waals surface area contributed by atoms with Crippen LogP contribution in [0.15, 0.2) is 40.5 Å². The van der Waals surface area contributed by atoms with Gasteiger partial charge in [-0.25, -0.2) is 0 Å². The number of benzene rings is 1. The summed E-state index contributed by atoms with van der Waals surface area (Å²) in [6, 6.07) is 9.75. The van der Waals surface area contributed by atoms with Crippen LogP contribution in [0.1, 0.15) is 51.1 Å². The molecule has 1 aromatic heterocycles. The van der Waals surface area contributed by atoms with Gasteiger partial charge in [0.15, 0.2) is 11.1 Å². The van der Waals surface area contributed by atoms with Gasteiger partial charge in [-0.1, -0.05) is 55.9 Å². The number of guanidine groups is 1. The molecule has 8 heteroatoms. The van der Waals surface area contributed by atoms with E-state index in [1.165, 1.54) is 0 Å². The van der Waals surface area contributed by atoms with Gasteiger partial charge >= 0.3 is 0 Å². The van der Waals surface area contributed by atoms with Gasteiger partial charge in [-0.2, -0.15) is 0 Å². The first-order valence-corrected chi connectivity index (χ1v) is 12.0. The summed E-state index contributed by atoms with van der Waals surface area (Å²) < 4.78 is 2.23. The smallest absolute Gasteiger partial charge is 0.191 e. The molecule has 1 atom stereocenters. The second kappa shape index (κ2) is 13.3. The SMILES string of the molecule is CCNC(=NCCCc1nnc(SC)n1CC(C)C)NCCC(O)c1ccccc1. The van der Waals surface area contributed by atoms with Crippen molar-refractivity contribution in [2.75, 3.05) is 25.9 Å². The molecular weight excluding hydrogens is 396 g/mol. The average Bonchev–Trinajstić information content (AvgIpc) is 3.12. The highest BCUT2D eigenvalue weighted by Gasteiger charge is 2.12. The Balaban J connectivity index is 1.81. The molecule has 0 saturated heterocycles. The van der Waals surface area contributed by atoms with Crippen LogP contribution < -0.4 is 10.6 Å². The maximum Gasteiger partial charge on any atom is 0.191 e. The van der Waals surface area contributed by atoms with E-state index in [9.17, 15) is 5.11 Å². The van der Waals surface area contributed by atoms with Crippen molar-refractivity contribution in [1.29, 1.82) is 0 Å². The van der Waals surface area contributed by atoms with Crippen LogP contribution in [-0.4, -0.2) is 51.7 Å². The molecule has 0 aliphatic carbocycles. The van der Waals surface area contributed by atoms with Gasteiger partial charge in [-0.15, -0.1) is 10.2 Å². The summed E-state index contributed by atoms with van der Waals surface area (Å²) >= 11 is 1.64. The Morgan fingerprint density at radius 2 is 1.97 bits per heavy atom. The van der Waals surface area contributed by atoms with Crippen LogP contribution in [0, 0.1) is 5.92 Å². The van der Waals surface area contributed by atoms with E-state index in [2.05, 4.69) is 44.2 Å². The lowest BCUT2D eigenvalue weighted by Crippen LogP contribution is -2.38. The van der Waals surface area contributed by atoms with Crippen molar-refractivity contribution >= 4 is 17.7 Å². The topological polar surface area (TPSA) is 87.4 Å². The summed E-state index contributed by atoms with van der Waals surface area (Å²) in [7, 11) is 0. The van der Waals surface area contributed by atoms with E-state index in [-0.39, 0.29) is 0 Å². The standard InChI is InChI=1S/C22H36N6OS/c1-5-23-21(25-15-13-19(29)18-10-7-6-8-11-18)24-14-9-12-20-26-27-22(30-4)28(20)16-17(2)3/h6-8,10-11,17,19,29H,5,9,12-16H2,1-4H3,(H2,23,24,25). The van der Waals surface area contributed by atoms with Gasteiger partial charge in [-0.3, -0.25) is 4.99 Å². The number of aromatic nitrogens is 3. The summed E-state index contributed by atoms with van der Waals surface area (Å²) in [5, 5.41) is 26.5. The third-order valence-corrected chi connectivity index (χ3v) is 5.26. The van der Waals surface area contributed by atoms with E-state index in [0.717, 1.165) is 48.4 Å². The normalized spacial score (nSPS) is 12.9. The molecule has 2 rings (SSSR count). The molecule has 0 bridgehead atoms. The molecule has 3 N–H and O–H groups in total. The first-order chi connectivity index (χ1) is 14.5. The lowest BCUT2D eigenvalue weighted by atomic mass is 10.1. The van der Waals surface area contributed by atoms with Crippen molar-refractivity contribution in [1.82, 2.24) is 25.4 Å². The molecule has 0 spiro atoms. The quantitative estimate of drug-likeness (QED) is 0.207. The highest BCUT2D eigenvalue weighted by molar-refractivity contribution is 7.98. The summed E-state index contributed by atoms with van der Waals surface area (Å²) in [6.45, 7) is 9.57. The van der Waals surface area contributed by atoms with Crippen molar-refractivity contribution in [2.24, 2.45) is 10.9 Å². The minimum Gasteiger partial charge on any atom is -0.388 e. The first kappa shape index (κ1) is 24.2. The number of nitrogens with zero attached hydrogens (tertiary/aromatic N) is 4. The third kappa shape index (κ3) is 7.99. The fourth-order valence-corrected chi connectivity index (χ4v) is 3.67. The molecule has 0 amide bonds. The molecule has 30 heavy (non-hydrogen) atoms. The number of nitrogens with one attached hydrogen (secondary N) is 2. The minimum absolute atomic E-state index is 0.473. The molecule has 0 saturated carbocycles. The number of aliphatic hydroxyl groups excluding tert-OH is 1. The molecule has 0 fully saturated rings. The van der Waals surface area contributed by atoms with Crippen LogP contribution in [0.2, 0.25) is 0 Å². The summed E-state index contributed by atoms with van der Waals surface area (Å²) in [4.78, 5) is 4.67. The molecule has 0 aliphatic heterocycles. The Morgan fingerprint density at radius 3 is 2.63 bits per heavy atom. The highest BCUT2D eigenvalue weighted by atomic mass is 32.2. The number of aliphatic hydroxyl groups is 1. The molecule has 7 nitrogen and oxygen atoms in total. The summed E-state index contributed by atoms with van der Waals surface area (Å²) in [5.41, 5.74) is 0.941. The molecule has 1 heterocycles. The maximum atomic E-state index is 10.3. The van der Waals surface area contributed by atoms with E-state index >= 15 is 0 Å². The predicted octanol–water partition coefficient (Wildman–Crippen LogP) is 3.27. The molecular formula is C22H36N6OS. The zero-order chi connectivity index (χ0) is 21.8. The molecule has 0 radical (unpaired) electrons. The van der Waals surface area contributed by atoms with Gasteiger partial charge in [0, 0.05) is 32.6 Å². The van der Waals surface area contributed by atoms with Crippen LogP contribution in [0.3, 0.4) is 0 Å². The van der Waals surface area contributed by atoms with E-state index in [1.54, 1.807) is 11.8 Å². The van der Waals surface area contributed by atoms with Gasteiger partial charge in [0.05, 0.1) is 6.10 Å². The van der Waals surface area contributed by atoms with Crippen LogP contribution in [0.4, 0.5) is 0 Å². The minimum atomic E-state index is -0.473. The van der Waals surface area contributed by atoms with E-state index in [4.69, 9.17) is 0 Å². The lowest BCUT2D eigenvalue weighted by Gasteiger charge is -2.14. The zero-order valence-corrected chi connectivity index (χ0v) is 19.5. The Hall–Kier alpha value is -2.06. The van der Waals surface area contributed by atoms with Crippen LogP contribution >= 0.6 is 11.8 Å². The Labute approximate surface area is 184 Å². The number of rotatable bonds is 12. The maximum absolute atomic E-state index is 10.3. The lowest BCUT2D eigenvalue weighted by molar-refractivity contribution is 0.168. The van der Waals surface area contributed by atoms with Crippen molar-refractivity contribution < 1.29 is 5.11 Å². The van der Waals surface area contributed by atoms with Gasteiger partial charge in [0.2, 0.25) is 0 Å². The Morgan fingerprint density at radius 1 is 1.20 bits per heavy atom. The van der Waals surface area contributed by atoms with Gasteiger partial charge in [0.1, 0.15) is 5.82 Å². The van der Waals surface area contributed by atoms with E-state index < -0.39 is 6.10 Å².